The van der Waals surface area contributed by atoms with Crippen LogP contribution in [0.3, 0.4) is 0 Å². The normalized spacial score (nSPS) is 10.4. The lowest BCUT2D eigenvalue weighted by Crippen LogP contribution is -2.05. The van der Waals surface area contributed by atoms with Gasteiger partial charge in [0.05, 0.1) is 18.4 Å². The molecular formula is C17H17ClO2S. The van der Waals surface area contributed by atoms with Gasteiger partial charge in [-0.3, -0.25) is 4.79 Å². The number of carbonyl (C=O) groups excluding carboxylic acids is 1. The Labute approximate surface area is 134 Å². The first-order valence-electron chi connectivity index (χ1n) is 6.60. The summed E-state index contributed by atoms with van der Waals surface area (Å²) in [5.74, 6) is 1.96. The maximum Gasteiger partial charge on any atom is 0.176 e. The largest absolute Gasteiger partial charge is 0.496 e. The van der Waals surface area contributed by atoms with Crippen LogP contribution in [0.5, 0.6) is 5.75 Å². The molecule has 2 aromatic carbocycles. The van der Waals surface area contributed by atoms with E-state index in [1.54, 1.807) is 18.9 Å². The lowest BCUT2D eigenvalue weighted by Gasteiger charge is -2.08. The highest BCUT2D eigenvalue weighted by atomic mass is 35.5. The predicted octanol–water partition coefficient (Wildman–Crippen LogP) is 4.77. The van der Waals surface area contributed by atoms with Crippen LogP contribution in [0.2, 0.25) is 5.02 Å². The smallest absolute Gasteiger partial charge is 0.176 e. The maximum absolute atomic E-state index is 12.3. The first kappa shape index (κ1) is 15.9. The van der Waals surface area contributed by atoms with E-state index in [2.05, 4.69) is 0 Å². The zero-order valence-corrected chi connectivity index (χ0v) is 13.6. The van der Waals surface area contributed by atoms with E-state index in [0.29, 0.717) is 17.1 Å². The zero-order chi connectivity index (χ0) is 15.2. The second-order valence-corrected chi connectivity index (χ2v) is 6.17. The lowest BCUT2D eigenvalue weighted by atomic mass is 10.1. The quantitative estimate of drug-likeness (QED) is 0.717. The Balaban J connectivity index is 1.94. The van der Waals surface area contributed by atoms with E-state index in [1.165, 1.54) is 0 Å². The molecule has 2 nitrogen and oxygen atoms in total. The molecule has 2 rings (SSSR count). The fraction of sp³-hybridized carbons (Fsp3) is 0.235. The van der Waals surface area contributed by atoms with Crippen LogP contribution >= 0.6 is 23.4 Å². The number of benzene rings is 2. The predicted molar refractivity (Wildman–Crippen MR) is 89.7 cm³/mol. The van der Waals surface area contributed by atoms with Crippen molar-refractivity contribution < 1.29 is 9.53 Å². The van der Waals surface area contributed by atoms with E-state index in [0.717, 1.165) is 21.9 Å². The standard InChI is InChI=1S/C17H17ClO2S/c1-12-3-8-15(17(9-12)20-2)16(19)11-21-10-13-4-6-14(18)7-5-13/h3-9H,10-11H2,1-2H3. The molecule has 0 amide bonds. The average molecular weight is 321 g/mol. The number of hydrogen-bond acceptors (Lipinski definition) is 3. The molecule has 0 spiro atoms. The second-order valence-electron chi connectivity index (χ2n) is 4.75. The van der Waals surface area contributed by atoms with Crippen molar-refractivity contribution in [2.24, 2.45) is 0 Å². The minimum absolute atomic E-state index is 0.0887. The third kappa shape index (κ3) is 4.51. The Morgan fingerprint density at radius 3 is 2.57 bits per heavy atom. The van der Waals surface area contributed by atoms with Crippen LogP contribution < -0.4 is 4.74 Å². The van der Waals surface area contributed by atoms with Crippen molar-refractivity contribution in [1.29, 1.82) is 0 Å². The fourth-order valence-electron chi connectivity index (χ4n) is 1.95. The molecule has 4 heteroatoms. The summed E-state index contributed by atoms with van der Waals surface area (Å²) in [5.41, 5.74) is 2.89. The number of hydrogen-bond donors (Lipinski definition) is 0. The Hall–Kier alpha value is -1.45. The van der Waals surface area contributed by atoms with E-state index in [4.69, 9.17) is 16.3 Å². The van der Waals surface area contributed by atoms with Crippen molar-refractivity contribution in [3.8, 4) is 5.75 Å². The van der Waals surface area contributed by atoms with E-state index in [-0.39, 0.29) is 5.78 Å². The van der Waals surface area contributed by atoms with Gasteiger partial charge in [-0.05, 0) is 42.3 Å². The number of rotatable bonds is 6. The molecule has 0 atom stereocenters. The highest BCUT2D eigenvalue weighted by molar-refractivity contribution is 7.99. The van der Waals surface area contributed by atoms with Gasteiger partial charge in [-0.2, -0.15) is 0 Å². The number of aryl methyl sites for hydroxylation is 1. The van der Waals surface area contributed by atoms with Crippen LogP contribution in [0.25, 0.3) is 0 Å². The Morgan fingerprint density at radius 1 is 1.19 bits per heavy atom. The summed E-state index contributed by atoms with van der Waals surface area (Å²) < 4.78 is 5.28. The van der Waals surface area contributed by atoms with Crippen molar-refractivity contribution in [2.75, 3.05) is 12.9 Å². The molecule has 0 fully saturated rings. The van der Waals surface area contributed by atoms with Crippen LogP contribution in [0.15, 0.2) is 42.5 Å². The van der Waals surface area contributed by atoms with Crippen LogP contribution in [-0.4, -0.2) is 18.6 Å². The van der Waals surface area contributed by atoms with E-state index >= 15 is 0 Å². The average Bonchev–Trinajstić information content (AvgIpc) is 2.49. The van der Waals surface area contributed by atoms with Gasteiger partial charge >= 0.3 is 0 Å². The van der Waals surface area contributed by atoms with Gasteiger partial charge in [-0.15, -0.1) is 11.8 Å². The topological polar surface area (TPSA) is 26.3 Å². The number of Topliss-reactive ketones (excluding diaryl/α,β-unsaturated/α-hetero) is 1. The number of halogens is 1. The van der Waals surface area contributed by atoms with E-state index < -0.39 is 0 Å². The van der Waals surface area contributed by atoms with Crippen molar-refractivity contribution in [3.05, 3.63) is 64.2 Å². The van der Waals surface area contributed by atoms with Gasteiger partial charge in [0.25, 0.3) is 0 Å². The summed E-state index contributed by atoms with van der Waals surface area (Å²) in [6.07, 6.45) is 0. The minimum Gasteiger partial charge on any atom is -0.496 e. The molecule has 0 aliphatic heterocycles. The van der Waals surface area contributed by atoms with Crippen molar-refractivity contribution in [1.82, 2.24) is 0 Å². The summed E-state index contributed by atoms with van der Waals surface area (Å²) in [6, 6.07) is 13.3. The summed E-state index contributed by atoms with van der Waals surface area (Å²) in [4.78, 5) is 12.3. The third-order valence-corrected chi connectivity index (χ3v) is 4.33. The van der Waals surface area contributed by atoms with Gasteiger partial charge in [-0.1, -0.05) is 29.8 Å². The molecule has 0 bridgehead atoms. The lowest BCUT2D eigenvalue weighted by molar-refractivity contribution is 0.101. The highest BCUT2D eigenvalue weighted by Crippen LogP contribution is 2.23. The van der Waals surface area contributed by atoms with Crippen LogP contribution in [0.4, 0.5) is 0 Å². The summed E-state index contributed by atoms with van der Waals surface area (Å²) >= 11 is 7.44. The van der Waals surface area contributed by atoms with Crippen molar-refractivity contribution >= 4 is 29.1 Å². The molecule has 110 valence electrons. The number of ketones is 1. The SMILES string of the molecule is COc1cc(C)ccc1C(=O)CSCc1ccc(Cl)cc1. The molecule has 0 aliphatic carbocycles. The van der Waals surface area contributed by atoms with Crippen LogP contribution in [0.1, 0.15) is 21.5 Å². The van der Waals surface area contributed by atoms with Gasteiger partial charge in [-0.25, -0.2) is 0 Å². The molecule has 0 radical (unpaired) electrons. The molecule has 2 aromatic rings. The summed E-state index contributed by atoms with van der Waals surface area (Å²) in [7, 11) is 1.59. The van der Waals surface area contributed by atoms with Gasteiger partial charge < -0.3 is 4.74 Å². The molecular weight excluding hydrogens is 304 g/mol. The molecule has 0 saturated heterocycles. The molecule has 0 unspecified atom stereocenters. The van der Waals surface area contributed by atoms with Crippen LogP contribution in [0, 0.1) is 6.92 Å². The van der Waals surface area contributed by atoms with Gasteiger partial charge in [0.2, 0.25) is 0 Å². The van der Waals surface area contributed by atoms with E-state index in [9.17, 15) is 4.79 Å². The van der Waals surface area contributed by atoms with Crippen molar-refractivity contribution in [2.45, 2.75) is 12.7 Å². The number of carbonyl (C=O) groups is 1. The number of thioether (sulfide) groups is 1. The van der Waals surface area contributed by atoms with Gasteiger partial charge in [0.15, 0.2) is 5.78 Å². The fourth-order valence-corrected chi connectivity index (χ4v) is 2.95. The van der Waals surface area contributed by atoms with Gasteiger partial charge in [0.1, 0.15) is 5.75 Å². The highest BCUT2D eigenvalue weighted by Gasteiger charge is 2.12. The molecule has 0 N–H and O–H groups in total. The van der Waals surface area contributed by atoms with Crippen LogP contribution in [-0.2, 0) is 5.75 Å². The van der Waals surface area contributed by atoms with Crippen molar-refractivity contribution in [3.63, 3.8) is 0 Å². The minimum atomic E-state index is 0.0887. The van der Waals surface area contributed by atoms with E-state index in [1.807, 2.05) is 49.4 Å². The third-order valence-electron chi connectivity index (χ3n) is 3.07. The Kier molecular flexibility index (Phi) is 5.71. The number of ether oxygens (including phenoxy) is 1. The summed E-state index contributed by atoms with van der Waals surface area (Å²) in [6.45, 7) is 1.98. The second kappa shape index (κ2) is 7.53. The Bertz CT molecular complexity index is 623. The first-order valence-corrected chi connectivity index (χ1v) is 8.13. The summed E-state index contributed by atoms with van der Waals surface area (Å²) in [5, 5.41) is 0.726. The first-order chi connectivity index (χ1) is 10.1. The zero-order valence-electron chi connectivity index (χ0n) is 12.1. The molecule has 0 saturated carbocycles. The molecule has 0 heterocycles. The molecule has 0 aliphatic rings. The van der Waals surface area contributed by atoms with Gasteiger partial charge in [0, 0.05) is 10.8 Å². The maximum atomic E-state index is 12.3. The monoisotopic (exact) mass is 320 g/mol. The Morgan fingerprint density at radius 2 is 1.90 bits per heavy atom. The molecule has 0 aromatic heterocycles. The molecule has 21 heavy (non-hydrogen) atoms. The number of methoxy groups -OCH3 is 1.